The summed E-state index contributed by atoms with van der Waals surface area (Å²) >= 11 is 1.33. The molecule has 1 aliphatic rings. The van der Waals surface area contributed by atoms with Crippen LogP contribution in [0.5, 0.6) is 0 Å². The normalized spacial score (nSPS) is 15.0. The van der Waals surface area contributed by atoms with Crippen LogP contribution >= 0.6 is 11.3 Å². The lowest BCUT2D eigenvalue weighted by molar-refractivity contribution is 0.0926. The van der Waals surface area contributed by atoms with Gasteiger partial charge in [0.25, 0.3) is 5.91 Å². The Kier molecular flexibility index (Phi) is 3.57. The van der Waals surface area contributed by atoms with E-state index in [0.29, 0.717) is 22.0 Å². The third-order valence-electron chi connectivity index (χ3n) is 4.01. The number of amides is 1. The van der Waals surface area contributed by atoms with Crippen molar-refractivity contribution in [2.24, 2.45) is 0 Å². The molecule has 1 aromatic carbocycles. The summed E-state index contributed by atoms with van der Waals surface area (Å²) in [4.78, 5) is 25.0. The number of carbonyl (C=O) groups excluding carboxylic acids is 1. The second kappa shape index (κ2) is 5.76. The van der Waals surface area contributed by atoms with E-state index in [1.165, 1.54) is 17.4 Å². The second-order valence-corrected chi connectivity index (χ2v) is 6.50. The summed E-state index contributed by atoms with van der Waals surface area (Å²) in [6, 6.07) is 6.55. The molecule has 5 nitrogen and oxygen atoms in total. The lowest BCUT2D eigenvalue weighted by Crippen LogP contribution is -2.35. The molecule has 1 N–H and O–H groups in total. The summed E-state index contributed by atoms with van der Waals surface area (Å²) in [6.45, 7) is 0. The van der Waals surface area contributed by atoms with E-state index in [4.69, 9.17) is 0 Å². The van der Waals surface area contributed by atoms with Crippen LogP contribution in [-0.4, -0.2) is 20.9 Å². The van der Waals surface area contributed by atoms with Crippen molar-refractivity contribution in [2.75, 3.05) is 0 Å². The zero-order valence-electron chi connectivity index (χ0n) is 12.6. The van der Waals surface area contributed by atoms with E-state index in [-0.39, 0.29) is 11.7 Å². The first-order valence-corrected chi connectivity index (χ1v) is 8.35. The number of thiazole rings is 1. The number of aromatic nitrogens is 3. The van der Waals surface area contributed by atoms with Crippen molar-refractivity contribution in [1.29, 1.82) is 0 Å². The zero-order valence-corrected chi connectivity index (χ0v) is 13.4. The molecule has 120 valence electrons. The van der Waals surface area contributed by atoms with Crippen LogP contribution in [-0.2, 0) is 5.54 Å². The Labute approximate surface area is 141 Å². The van der Waals surface area contributed by atoms with Crippen molar-refractivity contribution in [1.82, 2.24) is 20.3 Å². The van der Waals surface area contributed by atoms with Gasteiger partial charge < -0.3 is 5.32 Å². The first-order valence-electron chi connectivity index (χ1n) is 7.47. The van der Waals surface area contributed by atoms with Gasteiger partial charge in [0.1, 0.15) is 22.2 Å². The van der Waals surface area contributed by atoms with Crippen molar-refractivity contribution in [2.45, 2.75) is 18.4 Å². The third kappa shape index (κ3) is 2.67. The van der Waals surface area contributed by atoms with Crippen molar-refractivity contribution in [3.8, 4) is 10.7 Å². The van der Waals surface area contributed by atoms with Crippen molar-refractivity contribution >= 4 is 17.2 Å². The average Bonchev–Trinajstić information content (AvgIpc) is 3.21. The molecule has 0 spiro atoms. The van der Waals surface area contributed by atoms with Crippen LogP contribution in [0.4, 0.5) is 4.39 Å². The molecule has 1 fully saturated rings. The summed E-state index contributed by atoms with van der Waals surface area (Å²) in [5.41, 5.74) is 0.849. The molecule has 0 bridgehead atoms. The fourth-order valence-electron chi connectivity index (χ4n) is 2.62. The van der Waals surface area contributed by atoms with E-state index in [0.717, 1.165) is 12.8 Å². The summed E-state index contributed by atoms with van der Waals surface area (Å²) in [6.07, 6.45) is 6.20. The van der Waals surface area contributed by atoms with Crippen LogP contribution in [0.15, 0.2) is 48.2 Å². The summed E-state index contributed by atoms with van der Waals surface area (Å²) in [7, 11) is 0. The highest BCUT2D eigenvalue weighted by molar-refractivity contribution is 7.13. The van der Waals surface area contributed by atoms with Crippen LogP contribution in [0.25, 0.3) is 10.7 Å². The minimum Gasteiger partial charge on any atom is -0.341 e. The summed E-state index contributed by atoms with van der Waals surface area (Å²) in [5, 5.41) is 5.24. The predicted octanol–water partition coefficient (Wildman–Crippen LogP) is 3.16. The molecule has 3 aromatic rings. The third-order valence-corrected chi connectivity index (χ3v) is 4.88. The first kappa shape index (κ1) is 14.9. The van der Waals surface area contributed by atoms with Gasteiger partial charge in [-0.3, -0.25) is 14.8 Å². The van der Waals surface area contributed by atoms with E-state index in [1.54, 1.807) is 42.2 Å². The molecule has 0 aliphatic heterocycles. The van der Waals surface area contributed by atoms with Gasteiger partial charge in [-0.2, -0.15) is 0 Å². The molecule has 1 aliphatic carbocycles. The van der Waals surface area contributed by atoms with Crippen LogP contribution in [0.3, 0.4) is 0 Å². The van der Waals surface area contributed by atoms with Gasteiger partial charge in [0.05, 0.1) is 11.7 Å². The minimum absolute atomic E-state index is 0.297. The first-order chi connectivity index (χ1) is 11.7. The number of hydrogen-bond donors (Lipinski definition) is 1. The average molecular weight is 340 g/mol. The molecule has 0 unspecified atom stereocenters. The molecular weight excluding hydrogens is 327 g/mol. The Hall–Kier alpha value is -2.67. The quantitative estimate of drug-likeness (QED) is 0.792. The Balaban J connectivity index is 1.55. The zero-order chi connectivity index (χ0) is 16.6. The topological polar surface area (TPSA) is 67.8 Å². The Bertz CT molecular complexity index is 892. The minimum atomic E-state index is -0.612. The van der Waals surface area contributed by atoms with E-state index in [2.05, 4.69) is 20.3 Å². The smallest absolute Gasteiger partial charge is 0.271 e. The summed E-state index contributed by atoms with van der Waals surface area (Å²) in [5.74, 6) is -0.601. The summed E-state index contributed by atoms with van der Waals surface area (Å²) < 4.78 is 14.0. The number of halogens is 1. The monoisotopic (exact) mass is 340 g/mol. The molecule has 1 amide bonds. The van der Waals surface area contributed by atoms with E-state index >= 15 is 0 Å². The Morgan fingerprint density at radius 2 is 2.08 bits per heavy atom. The highest BCUT2D eigenvalue weighted by Gasteiger charge is 2.47. The number of carbonyl (C=O) groups is 1. The van der Waals surface area contributed by atoms with Crippen LogP contribution < -0.4 is 5.32 Å². The number of hydrogen-bond acceptors (Lipinski definition) is 5. The van der Waals surface area contributed by atoms with E-state index in [9.17, 15) is 9.18 Å². The molecule has 2 aromatic heterocycles. The van der Waals surface area contributed by atoms with Crippen LogP contribution in [0, 0.1) is 5.82 Å². The lowest BCUT2D eigenvalue weighted by atomic mass is 10.0. The van der Waals surface area contributed by atoms with Gasteiger partial charge in [-0.15, -0.1) is 11.3 Å². The number of benzene rings is 1. The molecule has 0 radical (unpaired) electrons. The maximum absolute atomic E-state index is 14.0. The van der Waals surface area contributed by atoms with Gasteiger partial charge in [0, 0.05) is 23.3 Å². The number of nitrogens with zero attached hydrogens (tertiary/aromatic N) is 3. The second-order valence-electron chi connectivity index (χ2n) is 5.64. The molecule has 7 heteroatoms. The van der Waals surface area contributed by atoms with Gasteiger partial charge in [0.2, 0.25) is 0 Å². The predicted molar refractivity (Wildman–Crippen MR) is 87.9 cm³/mol. The highest BCUT2D eigenvalue weighted by Crippen LogP contribution is 2.46. The standard InChI is InChI=1S/C17H13FN4OS/c18-12-4-2-1-3-11(12)17(5-6-17)22-15(23)14-10-24-16(21-14)13-9-19-7-8-20-13/h1-4,7-10H,5-6H2,(H,22,23). The van der Waals surface area contributed by atoms with Crippen molar-refractivity contribution in [3.05, 3.63) is 65.3 Å². The molecule has 4 rings (SSSR count). The van der Waals surface area contributed by atoms with Crippen molar-refractivity contribution < 1.29 is 9.18 Å². The Morgan fingerprint density at radius 1 is 1.25 bits per heavy atom. The molecule has 1 saturated carbocycles. The highest BCUT2D eigenvalue weighted by atomic mass is 32.1. The van der Waals surface area contributed by atoms with Gasteiger partial charge >= 0.3 is 0 Å². The number of nitrogens with one attached hydrogen (secondary N) is 1. The molecule has 0 saturated heterocycles. The lowest BCUT2D eigenvalue weighted by Gasteiger charge is -2.17. The largest absolute Gasteiger partial charge is 0.341 e. The fourth-order valence-corrected chi connectivity index (χ4v) is 3.38. The van der Waals surface area contributed by atoms with Crippen molar-refractivity contribution in [3.63, 3.8) is 0 Å². The number of rotatable bonds is 4. The van der Waals surface area contributed by atoms with Crippen LogP contribution in [0.2, 0.25) is 0 Å². The van der Waals surface area contributed by atoms with Crippen LogP contribution in [0.1, 0.15) is 28.9 Å². The van der Waals surface area contributed by atoms with Gasteiger partial charge in [-0.1, -0.05) is 18.2 Å². The molecule has 0 atom stereocenters. The molecular formula is C17H13FN4OS. The fraction of sp³-hybridized carbons (Fsp3) is 0.176. The molecule has 2 heterocycles. The molecule has 24 heavy (non-hydrogen) atoms. The van der Waals surface area contributed by atoms with E-state index in [1.807, 2.05) is 0 Å². The Morgan fingerprint density at radius 3 is 2.79 bits per heavy atom. The van der Waals surface area contributed by atoms with Gasteiger partial charge in [-0.25, -0.2) is 9.37 Å². The van der Waals surface area contributed by atoms with E-state index < -0.39 is 5.54 Å². The van der Waals surface area contributed by atoms with Gasteiger partial charge in [-0.05, 0) is 18.9 Å². The maximum Gasteiger partial charge on any atom is 0.271 e. The maximum atomic E-state index is 14.0. The van der Waals surface area contributed by atoms with Gasteiger partial charge in [0.15, 0.2) is 0 Å². The SMILES string of the molecule is O=C(NC1(c2ccccc2F)CC1)c1csc(-c2cnccn2)n1.